The summed E-state index contributed by atoms with van der Waals surface area (Å²) in [7, 11) is 1.26. The van der Waals surface area contributed by atoms with E-state index in [1.165, 1.54) is 13.2 Å². The van der Waals surface area contributed by atoms with Crippen molar-refractivity contribution < 1.29 is 14.3 Å². The van der Waals surface area contributed by atoms with Crippen molar-refractivity contribution in [2.24, 2.45) is 0 Å². The highest BCUT2D eigenvalue weighted by molar-refractivity contribution is 6.28. The van der Waals surface area contributed by atoms with Crippen LogP contribution in [0.25, 0.3) is 0 Å². The van der Waals surface area contributed by atoms with Gasteiger partial charge in [-0.15, -0.1) is 0 Å². The summed E-state index contributed by atoms with van der Waals surface area (Å²) >= 11 is 5.53. The maximum Gasteiger partial charge on any atom is 0.344 e. The highest BCUT2D eigenvalue weighted by atomic mass is 35.5. The number of aromatic nitrogens is 1. The van der Waals surface area contributed by atoms with Crippen molar-refractivity contribution in [1.82, 2.24) is 0 Å². The Labute approximate surface area is 80.3 Å². The van der Waals surface area contributed by atoms with E-state index in [1.807, 2.05) is 0 Å². The molecule has 0 unspecified atom stereocenters. The molecule has 5 heteroatoms. The van der Waals surface area contributed by atoms with Crippen molar-refractivity contribution in [3.63, 3.8) is 0 Å². The lowest BCUT2D eigenvalue weighted by Crippen LogP contribution is -2.29. The molecule has 0 radical (unpaired) electrons. The molecule has 1 aromatic heterocycles. The van der Waals surface area contributed by atoms with Gasteiger partial charge in [0.25, 0.3) is 5.15 Å². The minimum absolute atomic E-state index is 0.0325. The normalized spacial score (nSPS) is 9.77. The summed E-state index contributed by atoms with van der Waals surface area (Å²) in [4.78, 5) is 11.1. The third-order valence-corrected chi connectivity index (χ3v) is 1.90. The van der Waals surface area contributed by atoms with Crippen molar-refractivity contribution in [2.45, 2.75) is 6.92 Å². The van der Waals surface area contributed by atoms with Gasteiger partial charge in [0, 0.05) is 6.07 Å². The molecule has 0 fully saturated rings. The van der Waals surface area contributed by atoms with Gasteiger partial charge in [-0.1, -0.05) is 0 Å². The summed E-state index contributed by atoms with van der Waals surface area (Å²) < 4.78 is 4.90. The van der Waals surface area contributed by atoms with Crippen LogP contribution >= 0.6 is 11.6 Å². The summed E-state index contributed by atoms with van der Waals surface area (Å²) in [6.07, 6.45) is 1.10. The van der Waals surface area contributed by atoms with Crippen LogP contribution in [0.1, 0.15) is 15.9 Å². The molecule has 1 heterocycles. The van der Waals surface area contributed by atoms with E-state index in [9.17, 15) is 10.0 Å². The highest BCUT2D eigenvalue weighted by Gasteiger charge is 2.15. The van der Waals surface area contributed by atoms with Gasteiger partial charge in [0.05, 0.1) is 7.11 Å². The molecule has 70 valence electrons. The molecule has 0 aliphatic heterocycles. The zero-order chi connectivity index (χ0) is 10.0. The van der Waals surface area contributed by atoms with Gasteiger partial charge in [-0.2, -0.15) is 4.73 Å². The fourth-order valence-electron chi connectivity index (χ4n) is 0.924. The minimum atomic E-state index is -0.543. The number of hydrogen-bond acceptors (Lipinski definition) is 3. The molecule has 0 saturated carbocycles. The average Bonchev–Trinajstić information content (AvgIpc) is 2.10. The molecule has 4 nitrogen and oxygen atoms in total. The Balaban J connectivity index is 3.23. The first-order valence-electron chi connectivity index (χ1n) is 3.54. The average molecular weight is 202 g/mol. The predicted octanol–water partition coefficient (Wildman–Crippen LogP) is 1.07. The SMILES string of the molecule is COC(=O)c1c[n+]([O-])c(Cl)cc1C. The zero-order valence-corrected chi connectivity index (χ0v) is 7.96. The Hall–Kier alpha value is -1.29. The Morgan fingerprint density at radius 3 is 2.85 bits per heavy atom. The van der Waals surface area contributed by atoms with Crippen molar-refractivity contribution in [3.8, 4) is 0 Å². The van der Waals surface area contributed by atoms with Gasteiger partial charge >= 0.3 is 5.97 Å². The lowest BCUT2D eigenvalue weighted by Gasteiger charge is -2.04. The number of hydrogen-bond donors (Lipinski definition) is 0. The van der Waals surface area contributed by atoms with Crippen LogP contribution in [0.2, 0.25) is 5.15 Å². The number of carbonyl (C=O) groups is 1. The molecule has 0 bridgehead atoms. The van der Waals surface area contributed by atoms with Gasteiger partial charge in [-0.25, -0.2) is 4.79 Å². The van der Waals surface area contributed by atoms with Gasteiger partial charge in [0.15, 0.2) is 6.20 Å². The fraction of sp³-hybridized carbons (Fsp3) is 0.250. The largest absolute Gasteiger partial charge is 0.618 e. The van der Waals surface area contributed by atoms with E-state index in [4.69, 9.17) is 11.6 Å². The van der Waals surface area contributed by atoms with E-state index in [1.54, 1.807) is 6.92 Å². The summed E-state index contributed by atoms with van der Waals surface area (Å²) in [5.74, 6) is -0.543. The predicted molar refractivity (Wildman–Crippen MR) is 46.5 cm³/mol. The summed E-state index contributed by atoms with van der Waals surface area (Å²) in [5.41, 5.74) is 0.839. The number of aryl methyl sites for hydroxylation is 1. The minimum Gasteiger partial charge on any atom is -0.618 e. The lowest BCUT2D eigenvalue weighted by molar-refractivity contribution is -0.603. The van der Waals surface area contributed by atoms with Crippen LogP contribution in [0.15, 0.2) is 12.3 Å². The van der Waals surface area contributed by atoms with Crippen LogP contribution in [-0.2, 0) is 4.74 Å². The van der Waals surface area contributed by atoms with E-state index < -0.39 is 5.97 Å². The molecule has 0 atom stereocenters. The van der Waals surface area contributed by atoms with Crippen molar-refractivity contribution >= 4 is 17.6 Å². The second kappa shape index (κ2) is 3.62. The van der Waals surface area contributed by atoms with Gasteiger partial charge in [-0.05, 0) is 24.1 Å². The van der Waals surface area contributed by atoms with Gasteiger partial charge in [0.1, 0.15) is 5.56 Å². The topological polar surface area (TPSA) is 53.2 Å². The summed E-state index contributed by atoms with van der Waals surface area (Å²) in [5, 5.41) is 11.0. The molecule has 0 amide bonds. The van der Waals surface area contributed by atoms with Crippen molar-refractivity contribution in [3.05, 3.63) is 33.8 Å². The Bertz CT molecular complexity index is 351. The Morgan fingerprint density at radius 1 is 1.69 bits per heavy atom. The van der Waals surface area contributed by atoms with E-state index in [0.29, 0.717) is 10.3 Å². The fourth-order valence-corrected chi connectivity index (χ4v) is 1.14. The quantitative estimate of drug-likeness (QED) is 0.296. The molecule has 0 saturated heterocycles. The molecule has 1 aromatic rings. The second-order valence-corrected chi connectivity index (χ2v) is 2.90. The van der Waals surface area contributed by atoms with Gasteiger partial charge in [-0.3, -0.25) is 0 Å². The summed E-state index contributed by atoms with van der Waals surface area (Å²) in [6.45, 7) is 1.68. The Morgan fingerprint density at radius 2 is 2.31 bits per heavy atom. The first-order chi connectivity index (χ1) is 6.06. The number of methoxy groups -OCH3 is 1. The maximum absolute atomic E-state index is 11.1. The number of pyridine rings is 1. The zero-order valence-electron chi connectivity index (χ0n) is 7.20. The third-order valence-electron chi connectivity index (χ3n) is 1.62. The number of rotatable bonds is 1. The van der Waals surface area contributed by atoms with Crippen molar-refractivity contribution in [1.29, 1.82) is 0 Å². The van der Waals surface area contributed by atoms with Gasteiger partial charge < -0.3 is 9.94 Å². The Kier molecular flexibility index (Phi) is 2.72. The molecule has 1 rings (SSSR count). The van der Waals surface area contributed by atoms with E-state index >= 15 is 0 Å². The molecule has 13 heavy (non-hydrogen) atoms. The number of nitrogens with zero attached hydrogens (tertiary/aromatic N) is 1. The standard InChI is InChI=1S/C8H8ClNO3/c1-5-3-7(9)10(12)4-6(5)8(11)13-2/h3-4H,1-2H3. The molecule has 0 aliphatic rings. The van der Waals surface area contributed by atoms with E-state index in [2.05, 4.69) is 4.74 Å². The smallest absolute Gasteiger partial charge is 0.344 e. The van der Waals surface area contributed by atoms with Crippen LogP contribution in [0.3, 0.4) is 0 Å². The number of esters is 1. The number of carbonyl (C=O) groups excluding carboxylic acids is 1. The summed E-state index contributed by atoms with van der Waals surface area (Å²) in [6, 6.07) is 1.42. The van der Waals surface area contributed by atoms with Crippen molar-refractivity contribution in [2.75, 3.05) is 7.11 Å². The second-order valence-electron chi connectivity index (χ2n) is 2.51. The van der Waals surface area contributed by atoms with Crippen LogP contribution in [0.4, 0.5) is 0 Å². The van der Waals surface area contributed by atoms with E-state index in [-0.39, 0.29) is 10.7 Å². The highest BCUT2D eigenvalue weighted by Crippen LogP contribution is 2.10. The maximum atomic E-state index is 11.1. The molecule has 0 aliphatic carbocycles. The first-order valence-corrected chi connectivity index (χ1v) is 3.91. The molecular weight excluding hydrogens is 194 g/mol. The first kappa shape index (κ1) is 9.80. The molecule has 0 spiro atoms. The van der Waals surface area contributed by atoms with E-state index in [0.717, 1.165) is 6.20 Å². The van der Waals surface area contributed by atoms with Gasteiger partial charge in [0.2, 0.25) is 0 Å². The van der Waals surface area contributed by atoms with Crippen LogP contribution < -0.4 is 4.73 Å². The van der Waals surface area contributed by atoms with Crippen LogP contribution in [-0.4, -0.2) is 13.1 Å². The van der Waals surface area contributed by atoms with Crippen LogP contribution in [0.5, 0.6) is 0 Å². The molecule has 0 aromatic carbocycles. The molecule has 0 N–H and O–H groups in total. The number of halogens is 1. The number of ether oxygens (including phenoxy) is 1. The molecular formula is C8H8ClNO3. The monoisotopic (exact) mass is 201 g/mol. The lowest BCUT2D eigenvalue weighted by atomic mass is 10.2. The van der Waals surface area contributed by atoms with Crippen LogP contribution in [0, 0.1) is 12.1 Å². The third kappa shape index (κ3) is 1.89.